The molecule has 2 aromatic carbocycles. The van der Waals surface area contributed by atoms with Crippen LogP contribution < -0.4 is 5.32 Å². The number of nitrogens with one attached hydrogen (secondary N) is 2. The second kappa shape index (κ2) is 9.27. The third-order valence-corrected chi connectivity index (χ3v) is 6.01. The number of imidazole rings is 1. The number of nitriles is 1. The second-order valence-corrected chi connectivity index (χ2v) is 8.05. The molecule has 6 nitrogen and oxygen atoms in total. The maximum atomic E-state index is 13.2. The lowest BCUT2D eigenvalue weighted by atomic mass is 9.89. The van der Waals surface area contributed by atoms with Gasteiger partial charge in [-0.05, 0) is 68.5 Å². The lowest BCUT2D eigenvalue weighted by Gasteiger charge is -2.37. The van der Waals surface area contributed by atoms with Crippen LogP contribution in [0.3, 0.4) is 0 Å². The highest BCUT2D eigenvalue weighted by Crippen LogP contribution is 2.25. The molecule has 1 fully saturated rings. The molecule has 1 aliphatic rings. The minimum absolute atomic E-state index is 0.110. The summed E-state index contributed by atoms with van der Waals surface area (Å²) >= 11 is 0. The number of carbonyl (C=O) groups is 1. The van der Waals surface area contributed by atoms with Crippen LogP contribution in [-0.2, 0) is 6.54 Å². The first kappa shape index (κ1) is 21.0. The summed E-state index contributed by atoms with van der Waals surface area (Å²) in [4.78, 5) is 22.7. The molecule has 1 aromatic heterocycles. The summed E-state index contributed by atoms with van der Waals surface area (Å²) in [5, 5.41) is 12.6. The molecular weight excluding hydrogens is 393 g/mol. The number of nitrogens with zero attached hydrogens (tertiary/aromatic N) is 3. The van der Waals surface area contributed by atoms with Crippen molar-refractivity contribution in [1.82, 2.24) is 20.2 Å². The van der Waals surface area contributed by atoms with Crippen molar-refractivity contribution in [3.63, 3.8) is 0 Å². The quantitative estimate of drug-likeness (QED) is 0.629. The fourth-order valence-corrected chi connectivity index (χ4v) is 4.38. The van der Waals surface area contributed by atoms with Gasteiger partial charge in [-0.25, -0.2) is 9.37 Å². The highest BCUT2D eigenvalue weighted by molar-refractivity contribution is 5.94. The van der Waals surface area contributed by atoms with Crippen LogP contribution in [0.2, 0.25) is 0 Å². The van der Waals surface area contributed by atoms with E-state index in [-0.39, 0.29) is 17.8 Å². The van der Waals surface area contributed by atoms with Crippen LogP contribution in [0.15, 0.2) is 42.5 Å². The average molecular weight is 420 g/mol. The van der Waals surface area contributed by atoms with Gasteiger partial charge in [0.05, 0.1) is 22.7 Å². The minimum atomic E-state index is -0.229. The van der Waals surface area contributed by atoms with E-state index >= 15 is 0 Å². The Bertz CT molecular complexity index is 1100. The summed E-state index contributed by atoms with van der Waals surface area (Å²) in [5.74, 6) is -0.0252. The van der Waals surface area contributed by atoms with Gasteiger partial charge in [-0.15, -0.1) is 0 Å². The van der Waals surface area contributed by atoms with E-state index in [9.17, 15) is 9.18 Å². The zero-order chi connectivity index (χ0) is 21.8. The molecule has 0 aliphatic heterocycles. The van der Waals surface area contributed by atoms with Gasteiger partial charge in [0, 0.05) is 25.2 Å². The first-order chi connectivity index (χ1) is 15.1. The van der Waals surface area contributed by atoms with Crippen LogP contribution in [0.4, 0.5) is 4.39 Å². The number of hydrogen-bond donors (Lipinski definition) is 2. The molecule has 0 radical (unpaired) electrons. The van der Waals surface area contributed by atoms with Gasteiger partial charge in [-0.1, -0.05) is 12.1 Å². The Balaban J connectivity index is 1.43. The van der Waals surface area contributed by atoms with Gasteiger partial charge in [-0.3, -0.25) is 4.79 Å². The Labute approximate surface area is 181 Å². The maximum Gasteiger partial charge on any atom is 0.289 e. The zero-order valence-electron chi connectivity index (χ0n) is 17.6. The number of rotatable bonds is 6. The summed E-state index contributed by atoms with van der Waals surface area (Å²) in [6.07, 6.45) is 3.94. The van der Waals surface area contributed by atoms with Gasteiger partial charge in [0.1, 0.15) is 5.82 Å². The van der Waals surface area contributed by atoms with Crippen LogP contribution in [0, 0.1) is 17.1 Å². The molecule has 0 bridgehead atoms. The van der Waals surface area contributed by atoms with Gasteiger partial charge in [0.25, 0.3) is 5.91 Å². The van der Waals surface area contributed by atoms with Crippen molar-refractivity contribution in [2.75, 3.05) is 6.54 Å². The Hall–Kier alpha value is -3.24. The van der Waals surface area contributed by atoms with Gasteiger partial charge in [-0.2, -0.15) is 5.26 Å². The van der Waals surface area contributed by atoms with Crippen LogP contribution >= 0.6 is 0 Å². The number of fused-ring (bicyclic) bond motifs is 1. The van der Waals surface area contributed by atoms with E-state index in [1.165, 1.54) is 12.1 Å². The first-order valence-electron chi connectivity index (χ1n) is 10.8. The van der Waals surface area contributed by atoms with Crippen molar-refractivity contribution in [3.8, 4) is 6.07 Å². The van der Waals surface area contributed by atoms with Crippen molar-refractivity contribution in [2.45, 2.75) is 51.2 Å². The summed E-state index contributed by atoms with van der Waals surface area (Å²) in [6, 6.07) is 14.3. The third kappa shape index (κ3) is 4.75. The lowest BCUT2D eigenvalue weighted by molar-refractivity contribution is 0.0617. The summed E-state index contributed by atoms with van der Waals surface area (Å²) < 4.78 is 13.1. The molecule has 2 atom stereocenters. The Morgan fingerprint density at radius 2 is 2.10 bits per heavy atom. The highest BCUT2D eigenvalue weighted by atomic mass is 19.1. The molecule has 31 heavy (non-hydrogen) atoms. The average Bonchev–Trinajstić information content (AvgIpc) is 3.23. The van der Waals surface area contributed by atoms with E-state index in [1.807, 2.05) is 11.8 Å². The second-order valence-electron chi connectivity index (χ2n) is 8.05. The number of benzene rings is 2. The Morgan fingerprint density at radius 3 is 2.84 bits per heavy atom. The molecule has 0 spiro atoms. The summed E-state index contributed by atoms with van der Waals surface area (Å²) in [6.45, 7) is 3.28. The van der Waals surface area contributed by atoms with Crippen molar-refractivity contribution >= 4 is 16.9 Å². The van der Waals surface area contributed by atoms with Gasteiger partial charge < -0.3 is 15.2 Å². The van der Waals surface area contributed by atoms with E-state index in [2.05, 4.69) is 21.4 Å². The first-order valence-corrected chi connectivity index (χ1v) is 10.8. The maximum absolute atomic E-state index is 13.2. The van der Waals surface area contributed by atoms with Crippen molar-refractivity contribution < 1.29 is 9.18 Å². The number of aromatic amines is 1. The van der Waals surface area contributed by atoms with Gasteiger partial charge in [0.15, 0.2) is 5.82 Å². The van der Waals surface area contributed by atoms with E-state index in [4.69, 9.17) is 5.26 Å². The van der Waals surface area contributed by atoms with Crippen molar-refractivity contribution in [2.24, 2.45) is 0 Å². The molecule has 3 aromatic rings. The minimum Gasteiger partial charge on any atom is -0.334 e. The van der Waals surface area contributed by atoms with E-state index in [1.54, 1.807) is 30.3 Å². The fraction of sp³-hybridized carbons (Fsp3) is 0.375. The molecule has 2 unspecified atom stereocenters. The van der Waals surface area contributed by atoms with Crippen molar-refractivity contribution in [3.05, 3.63) is 65.2 Å². The molecule has 1 amide bonds. The van der Waals surface area contributed by atoms with Gasteiger partial charge >= 0.3 is 0 Å². The van der Waals surface area contributed by atoms with E-state index < -0.39 is 0 Å². The highest BCUT2D eigenvalue weighted by Gasteiger charge is 2.30. The lowest BCUT2D eigenvalue weighted by Crippen LogP contribution is -2.47. The van der Waals surface area contributed by atoms with Crippen molar-refractivity contribution in [1.29, 1.82) is 5.26 Å². The summed E-state index contributed by atoms with van der Waals surface area (Å²) in [5.41, 5.74) is 2.96. The predicted octanol–water partition coefficient (Wildman–Crippen LogP) is 4.14. The van der Waals surface area contributed by atoms with Gasteiger partial charge in [0.2, 0.25) is 0 Å². The van der Waals surface area contributed by atoms with E-state index in [0.29, 0.717) is 41.6 Å². The molecule has 7 heteroatoms. The molecule has 1 aliphatic carbocycles. The topological polar surface area (TPSA) is 84.8 Å². The number of halogens is 1. The molecule has 4 rings (SSSR count). The Kier molecular flexibility index (Phi) is 6.28. The number of amides is 1. The predicted molar refractivity (Wildman–Crippen MR) is 117 cm³/mol. The SMILES string of the molecule is CCN(C(=O)c1nc2ccc(C#N)cc2[nH]1)C1CCCC(NCc2ccc(F)cc2)C1. The standard InChI is InChI=1S/C24H26FN5O/c1-2-30(24(31)23-28-21-11-8-17(14-26)12-22(21)29-23)20-5-3-4-19(13-20)27-15-16-6-9-18(25)10-7-16/h6-12,19-20,27H,2-5,13,15H2,1H3,(H,28,29). The van der Waals surface area contributed by atoms with Crippen LogP contribution in [0.1, 0.15) is 54.4 Å². The van der Waals surface area contributed by atoms with Crippen LogP contribution in [0.25, 0.3) is 11.0 Å². The third-order valence-electron chi connectivity index (χ3n) is 6.01. The smallest absolute Gasteiger partial charge is 0.289 e. The molecular formula is C24H26FN5O. The number of aromatic nitrogens is 2. The molecule has 0 saturated heterocycles. The molecule has 2 N–H and O–H groups in total. The Morgan fingerprint density at radius 1 is 1.29 bits per heavy atom. The molecule has 160 valence electrons. The number of hydrogen-bond acceptors (Lipinski definition) is 4. The molecule has 1 heterocycles. The van der Waals surface area contributed by atoms with Crippen LogP contribution in [0.5, 0.6) is 0 Å². The molecule has 1 saturated carbocycles. The zero-order valence-corrected chi connectivity index (χ0v) is 17.6. The van der Waals surface area contributed by atoms with E-state index in [0.717, 1.165) is 31.2 Å². The van der Waals surface area contributed by atoms with Crippen LogP contribution in [-0.4, -0.2) is 39.4 Å². The summed E-state index contributed by atoms with van der Waals surface area (Å²) in [7, 11) is 0. The monoisotopic (exact) mass is 419 g/mol. The fourth-order valence-electron chi connectivity index (χ4n) is 4.38. The largest absolute Gasteiger partial charge is 0.334 e. The number of carbonyl (C=O) groups excluding carboxylic acids is 1. The normalized spacial score (nSPS) is 18.6. The number of H-pyrrole nitrogens is 1.